The molecule has 4 rings (SSSR count). The summed E-state index contributed by atoms with van der Waals surface area (Å²) in [6.45, 7) is 12.1. The van der Waals surface area contributed by atoms with E-state index in [9.17, 15) is 4.79 Å². The van der Waals surface area contributed by atoms with Crippen LogP contribution in [0.1, 0.15) is 47.7 Å². The van der Waals surface area contributed by atoms with Crippen molar-refractivity contribution in [2.24, 2.45) is 0 Å². The highest BCUT2D eigenvalue weighted by molar-refractivity contribution is 7.22. The summed E-state index contributed by atoms with van der Waals surface area (Å²) in [6, 6.07) is 11.8. The fraction of sp³-hybridized carbons (Fsp3) is 0.481. The second-order valence-corrected chi connectivity index (χ2v) is 9.89. The first-order valence-electron chi connectivity index (χ1n) is 12.3. The lowest BCUT2D eigenvalue weighted by atomic mass is 10.1. The number of unbranched alkanes of at least 4 members (excludes halogenated alkanes) is 1. The van der Waals surface area contributed by atoms with E-state index < -0.39 is 0 Å². The minimum Gasteiger partial charge on any atom is -0.494 e. The average molecular weight is 482 g/mol. The van der Waals surface area contributed by atoms with Gasteiger partial charge in [-0.1, -0.05) is 30.7 Å². The Morgan fingerprint density at radius 3 is 2.65 bits per heavy atom. The van der Waals surface area contributed by atoms with E-state index in [0.717, 1.165) is 73.2 Å². The summed E-state index contributed by atoms with van der Waals surface area (Å²) in [6.07, 6.45) is 3.00. The van der Waals surface area contributed by atoms with E-state index in [0.29, 0.717) is 18.7 Å². The molecule has 0 spiro atoms. The van der Waals surface area contributed by atoms with Crippen LogP contribution in [0, 0.1) is 13.8 Å². The predicted molar refractivity (Wildman–Crippen MR) is 139 cm³/mol. The van der Waals surface area contributed by atoms with E-state index in [1.807, 2.05) is 29.2 Å². The summed E-state index contributed by atoms with van der Waals surface area (Å²) >= 11 is 1.60. The van der Waals surface area contributed by atoms with Gasteiger partial charge in [0.05, 0.1) is 30.0 Å². The molecule has 1 saturated heterocycles. The first-order valence-corrected chi connectivity index (χ1v) is 13.1. The zero-order valence-corrected chi connectivity index (χ0v) is 21.3. The average Bonchev–Trinajstić information content (AvgIpc) is 3.27. The third-order valence-electron chi connectivity index (χ3n) is 6.11. The van der Waals surface area contributed by atoms with Crippen LogP contribution in [0.3, 0.4) is 0 Å². The van der Waals surface area contributed by atoms with Crippen LogP contribution in [0.5, 0.6) is 5.75 Å². The second-order valence-electron chi connectivity index (χ2n) is 8.92. The SMILES string of the molecule is CCCCOc1ccc(C(=O)N(CCCN2CCOCC2)c2nc3cc(C)cc(C)c3s2)cc1. The fourth-order valence-corrected chi connectivity index (χ4v) is 5.27. The number of nitrogens with zero attached hydrogens (tertiary/aromatic N) is 3. The number of aryl methyl sites for hydroxylation is 2. The maximum Gasteiger partial charge on any atom is 0.260 e. The highest BCUT2D eigenvalue weighted by Gasteiger charge is 2.22. The third kappa shape index (κ3) is 6.14. The Morgan fingerprint density at radius 1 is 1.15 bits per heavy atom. The number of ether oxygens (including phenoxy) is 2. The summed E-state index contributed by atoms with van der Waals surface area (Å²) in [5.41, 5.74) is 4.00. The molecular weight excluding hydrogens is 446 g/mol. The van der Waals surface area contributed by atoms with Gasteiger partial charge in [0.2, 0.25) is 0 Å². The Bertz CT molecular complexity index is 1090. The minimum absolute atomic E-state index is 0.0180. The van der Waals surface area contributed by atoms with Crippen LogP contribution in [0.4, 0.5) is 5.13 Å². The molecular formula is C27H35N3O3S. The quantitative estimate of drug-likeness (QED) is 0.360. The zero-order valence-electron chi connectivity index (χ0n) is 20.5. The maximum atomic E-state index is 13.6. The molecule has 3 aromatic rings. The molecule has 34 heavy (non-hydrogen) atoms. The molecule has 1 aliphatic heterocycles. The lowest BCUT2D eigenvalue weighted by molar-refractivity contribution is 0.0376. The standard InChI is InChI=1S/C27H35N3O3S/c1-4-5-15-33-23-9-7-22(8-10-23)26(31)30(12-6-11-29-13-16-32-17-14-29)27-28-24-19-20(2)18-21(3)25(24)34-27/h7-10,18-19H,4-6,11-17H2,1-3H3. The Hall–Kier alpha value is -2.48. The van der Waals surface area contributed by atoms with Crippen molar-refractivity contribution in [1.29, 1.82) is 0 Å². The molecule has 0 atom stereocenters. The highest BCUT2D eigenvalue weighted by atomic mass is 32.1. The van der Waals surface area contributed by atoms with E-state index >= 15 is 0 Å². The topological polar surface area (TPSA) is 54.9 Å². The lowest BCUT2D eigenvalue weighted by Gasteiger charge is -2.27. The Labute approximate surface area is 206 Å². The number of amides is 1. The molecule has 0 unspecified atom stereocenters. The van der Waals surface area contributed by atoms with Gasteiger partial charge in [-0.25, -0.2) is 4.98 Å². The predicted octanol–water partition coefficient (Wildman–Crippen LogP) is 5.46. The number of benzene rings is 2. The number of morpholine rings is 1. The summed E-state index contributed by atoms with van der Waals surface area (Å²) < 4.78 is 12.4. The second kappa shape index (κ2) is 11.8. The van der Waals surface area contributed by atoms with Gasteiger partial charge in [-0.2, -0.15) is 0 Å². The van der Waals surface area contributed by atoms with Crippen LogP contribution in [-0.2, 0) is 4.74 Å². The zero-order chi connectivity index (χ0) is 23.9. The molecule has 0 aliphatic carbocycles. The molecule has 1 aliphatic rings. The number of carbonyl (C=O) groups excluding carboxylic acids is 1. The number of aromatic nitrogens is 1. The van der Waals surface area contributed by atoms with Crippen molar-refractivity contribution in [3.05, 3.63) is 53.1 Å². The molecule has 0 N–H and O–H groups in total. The van der Waals surface area contributed by atoms with Gasteiger partial charge in [0.25, 0.3) is 5.91 Å². The van der Waals surface area contributed by atoms with Crippen molar-refractivity contribution in [2.45, 2.75) is 40.0 Å². The van der Waals surface area contributed by atoms with Crippen LogP contribution in [0.2, 0.25) is 0 Å². The van der Waals surface area contributed by atoms with Crippen LogP contribution in [0.25, 0.3) is 10.2 Å². The van der Waals surface area contributed by atoms with Gasteiger partial charge < -0.3 is 9.47 Å². The van der Waals surface area contributed by atoms with E-state index in [-0.39, 0.29) is 5.91 Å². The first kappa shape index (κ1) is 24.6. The van der Waals surface area contributed by atoms with Gasteiger partial charge in [-0.15, -0.1) is 0 Å². The maximum absolute atomic E-state index is 13.6. The molecule has 182 valence electrons. The van der Waals surface area contributed by atoms with Gasteiger partial charge in [0.1, 0.15) is 5.75 Å². The molecule has 6 nitrogen and oxygen atoms in total. The van der Waals surface area contributed by atoms with Gasteiger partial charge in [0, 0.05) is 31.7 Å². The largest absolute Gasteiger partial charge is 0.494 e. The number of rotatable bonds is 10. The Morgan fingerprint density at radius 2 is 1.91 bits per heavy atom. The Kier molecular flexibility index (Phi) is 8.53. The van der Waals surface area contributed by atoms with E-state index in [1.54, 1.807) is 11.3 Å². The third-order valence-corrected chi connectivity index (χ3v) is 7.34. The summed E-state index contributed by atoms with van der Waals surface area (Å²) in [4.78, 5) is 22.8. The van der Waals surface area contributed by atoms with E-state index in [4.69, 9.17) is 14.5 Å². The molecule has 0 saturated carbocycles. The van der Waals surface area contributed by atoms with Crippen LogP contribution in [0.15, 0.2) is 36.4 Å². The smallest absolute Gasteiger partial charge is 0.260 e. The first-order chi connectivity index (χ1) is 16.5. The van der Waals surface area contributed by atoms with Crippen molar-refractivity contribution in [3.8, 4) is 5.75 Å². The summed E-state index contributed by atoms with van der Waals surface area (Å²) in [5, 5.41) is 0.763. The van der Waals surface area contributed by atoms with Crippen molar-refractivity contribution < 1.29 is 14.3 Å². The molecule has 2 heterocycles. The van der Waals surface area contributed by atoms with Crippen LogP contribution < -0.4 is 9.64 Å². The number of anilines is 1. The lowest BCUT2D eigenvalue weighted by Crippen LogP contribution is -2.39. The van der Waals surface area contributed by atoms with Crippen LogP contribution >= 0.6 is 11.3 Å². The van der Waals surface area contributed by atoms with Gasteiger partial charge in [0.15, 0.2) is 5.13 Å². The monoisotopic (exact) mass is 481 g/mol. The molecule has 0 radical (unpaired) electrons. The summed E-state index contributed by atoms with van der Waals surface area (Å²) in [5.74, 6) is 0.783. The van der Waals surface area contributed by atoms with Gasteiger partial charge in [-0.05, 0) is 68.1 Å². The molecule has 0 bridgehead atoms. The van der Waals surface area contributed by atoms with Crippen molar-refractivity contribution in [1.82, 2.24) is 9.88 Å². The minimum atomic E-state index is -0.0180. The number of hydrogen-bond donors (Lipinski definition) is 0. The van der Waals surface area contributed by atoms with Crippen molar-refractivity contribution >= 4 is 32.6 Å². The number of hydrogen-bond acceptors (Lipinski definition) is 6. The molecule has 1 aromatic heterocycles. The van der Waals surface area contributed by atoms with E-state index in [1.165, 1.54) is 11.1 Å². The normalized spacial score (nSPS) is 14.4. The van der Waals surface area contributed by atoms with E-state index in [2.05, 4.69) is 37.8 Å². The number of thiazole rings is 1. The van der Waals surface area contributed by atoms with Crippen LogP contribution in [-0.4, -0.2) is 61.8 Å². The number of fused-ring (bicyclic) bond motifs is 1. The van der Waals surface area contributed by atoms with Gasteiger partial charge >= 0.3 is 0 Å². The molecule has 2 aromatic carbocycles. The molecule has 1 fully saturated rings. The highest BCUT2D eigenvalue weighted by Crippen LogP contribution is 2.33. The number of carbonyl (C=O) groups is 1. The van der Waals surface area contributed by atoms with Crippen molar-refractivity contribution in [2.75, 3.05) is 50.9 Å². The fourth-order valence-electron chi connectivity index (χ4n) is 4.23. The van der Waals surface area contributed by atoms with Crippen molar-refractivity contribution in [3.63, 3.8) is 0 Å². The van der Waals surface area contributed by atoms with Gasteiger partial charge in [-0.3, -0.25) is 14.6 Å². The Balaban J connectivity index is 1.54. The molecule has 1 amide bonds. The molecule has 7 heteroatoms. The summed E-state index contributed by atoms with van der Waals surface area (Å²) in [7, 11) is 0.